The SMILES string of the molecule is COc1ccc(Cl)c(NC(=O)N2CCCCCC2)c1. The van der Waals surface area contributed by atoms with Gasteiger partial charge in [-0.3, -0.25) is 0 Å². The fraction of sp³-hybridized carbons (Fsp3) is 0.500. The molecule has 1 aliphatic rings. The Bertz CT molecular complexity index is 443. The number of halogens is 1. The second-order valence-corrected chi connectivity index (χ2v) is 5.08. The second kappa shape index (κ2) is 6.66. The molecule has 4 nitrogen and oxygen atoms in total. The number of urea groups is 1. The summed E-state index contributed by atoms with van der Waals surface area (Å²) in [4.78, 5) is 14.0. The van der Waals surface area contributed by atoms with Crippen LogP contribution < -0.4 is 10.1 Å². The first-order chi connectivity index (χ1) is 9.20. The fourth-order valence-electron chi connectivity index (χ4n) is 2.20. The van der Waals surface area contributed by atoms with Gasteiger partial charge in [-0.2, -0.15) is 0 Å². The third kappa shape index (κ3) is 3.77. The average molecular weight is 283 g/mol. The topological polar surface area (TPSA) is 41.6 Å². The highest BCUT2D eigenvalue weighted by molar-refractivity contribution is 6.33. The van der Waals surface area contributed by atoms with E-state index in [1.165, 1.54) is 12.8 Å². The Morgan fingerprint density at radius 1 is 1.26 bits per heavy atom. The van der Waals surface area contributed by atoms with Gasteiger partial charge in [0.2, 0.25) is 0 Å². The van der Waals surface area contributed by atoms with Crippen LogP contribution in [0.2, 0.25) is 5.02 Å². The number of anilines is 1. The number of carbonyl (C=O) groups is 1. The maximum absolute atomic E-state index is 12.2. The van der Waals surface area contributed by atoms with E-state index in [-0.39, 0.29) is 6.03 Å². The van der Waals surface area contributed by atoms with Crippen molar-refractivity contribution in [1.82, 2.24) is 4.90 Å². The zero-order valence-corrected chi connectivity index (χ0v) is 11.9. The van der Waals surface area contributed by atoms with E-state index in [1.54, 1.807) is 25.3 Å². The first-order valence-electron chi connectivity index (χ1n) is 6.60. The lowest BCUT2D eigenvalue weighted by atomic mass is 10.2. The van der Waals surface area contributed by atoms with Crippen molar-refractivity contribution in [2.45, 2.75) is 25.7 Å². The lowest BCUT2D eigenvalue weighted by Gasteiger charge is -2.21. The molecule has 0 bridgehead atoms. The molecule has 1 heterocycles. The summed E-state index contributed by atoms with van der Waals surface area (Å²) in [6, 6.07) is 5.14. The lowest BCUT2D eigenvalue weighted by molar-refractivity contribution is 0.214. The number of benzene rings is 1. The third-order valence-corrected chi connectivity index (χ3v) is 3.64. The van der Waals surface area contributed by atoms with E-state index < -0.39 is 0 Å². The maximum atomic E-state index is 12.2. The number of amides is 2. The molecule has 104 valence electrons. The summed E-state index contributed by atoms with van der Waals surface area (Å²) in [5, 5.41) is 3.38. The fourth-order valence-corrected chi connectivity index (χ4v) is 2.36. The molecule has 1 fully saturated rings. The molecular weight excluding hydrogens is 264 g/mol. The molecular formula is C14H19ClN2O2. The van der Waals surface area contributed by atoms with Gasteiger partial charge in [-0.1, -0.05) is 24.4 Å². The minimum atomic E-state index is -0.0861. The molecule has 2 rings (SSSR count). The Kier molecular flexibility index (Phi) is 4.91. The van der Waals surface area contributed by atoms with Crippen molar-refractivity contribution in [3.05, 3.63) is 23.2 Å². The molecule has 1 saturated heterocycles. The monoisotopic (exact) mass is 282 g/mol. The molecule has 0 aliphatic carbocycles. The van der Waals surface area contributed by atoms with Crippen molar-refractivity contribution < 1.29 is 9.53 Å². The normalized spacial score (nSPS) is 15.8. The zero-order valence-electron chi connectivity index (χ0n) is 11.1. The van der Waals surface area contributed by atoms with Crippen LogP contribution in [0.15, 0.2) is 18.2 Å². The minimum absolute atomic E-state index is 0.0861. The van der Waals surface area contributed by atoms with Gasteiger partial charge in [0.05, 0.1) is 17.8 Å². The predicted molar refractivity (Wildman–Crippen MR) is 77.1 cm³/mol. The summed E-state index contributed by atoms with van der Waals surface area (Å²) in [6.45, 7) is 1.63. The number of rotatable bonds is 2. The number of hydrogen-bond donors (Lipinski definition) is 1. The van der Waals surface area contributed by atoms with Gasteiger partial charge < -0.3 is 15.0 Å². The molecule has 2 amide bonds. The lowest BCUT2D eigenvalue weighted by Crippen LogP contribution is -2.35. The van der Waals surface area contributed by atoms with Crippen molar-refractivity contribution >= 4 is 23.3 Å². The third-order valence-electron chi connectivity index (χ3n) is 3.31. The van der Waals surface area contributed by atoms with Gasteiger partial charge in [0.25, 0.3) is 0 Å². The second-order valence-electron chi connectivity index (χ2n) is 4.68. The Morgan fingerprint density at radius 3 is 2.58 bits per heavy atom. The van der Waals surface area contributed by atoms with Crippen molar-refractivity contribution in [2.24, 2.45) is 0 Å². The number of methoxy groups -OCH3 is 1. The molecule has 1 aromatic carbocycles. The summed E-state index contributed by atoms with van der Waals surface area (Å²) >= 11 is 6.08. The van der Waals surface area contributed by atoms with Gasteiger partial charge in [0.15, 0.2) is 0 Å². The number of likely N-dealkylation sites (tertiary alicyclic amines) is 1. The minimum Gasteiger partial charge on any atom is -0.497 e. The highest BCUT2D eigenvalue weighted by atomic mass is 35.5. The van der Waals surface area contributed by atoms with E-state index in [9.17, 15) is 4.79 Å². The smallest absolute Gasteiger partial charge is 0.321 e. The first-order valence-corrected chi connectivity index (χ1v) is 6.98. The van der Waals surface area contributed by atoms with Crippen LogP contribution in [0.5, 0.6) is 5.75 Å². The molecule has 0 aromatic heterocycles. The highest BCUT2D eigenvalue weighted by Crippen LogP contribution is 2.27. The summed E-state index contributed by atoms with van der Waals surface area (Å²) in [5.74, 6) is 0.676. The number of carbonyl (C=O) groups excluding carboxylic acids is 1. The molecule has 0 atom stereocenters. The summed E-state index contributed by atoms with van der Waals surface area (Å²) in [7, 11) is 1.59. The van der Waals surface area contributed by atoms with Crippen LogP contribution in [0.4, 0.5) is 10.5 Å². The maximum Gasteiger partial charge on any atom is 0.321 e. The summed E-state index contributed by atoms with van der Waals surface area (Å²) < 4.78 is 5.13. The van der Waals surface area contributed by atoms with Crippen LogP contribution in [0.3, 0.4) is 0 Å². The van der Waals surface area contributed by atoms with Gasteiger partial charge in [0.1, 0.15) is 5.75 Å². The van der Waals surface area contributed by atoms with E-state index in [0.717, 1.165) is 25.9 Å². The van der Waals surface area contributed by atoms with Crippen LogP contribution in [-0.2, 0) is 0 Å². The standard InChI is InChI=1S/C14H19ClN2O2/c1-19-11-6-7-12(15)13(10-11)16-14(18)17-8-4-2-3-5-9-17/h6-7,10H,2-5,8-9H2,1H3,(H,16,18). The van der Waals surface area contributed by atoms with Crippen molar-refractivity contribution in [3.8, 4) is 5.75 Å². The Morgan fingerprint density at radius 2 is 1.95 bits per heavy atom. The van der Waals surface area contributed by atoms with Crippen LogP contribution in [0, 0.1) is 0 Å². The number of ether oxygens (including phenoxy) is 1. The van der Waals surface area contributed by atoms with Gasteiger partial charge in [-0.05, 0) is 25.0 Å². The van der Waals surface area contributed by atoms with Gasteiger partial charge >= 0.3 is 6.03 Å². The quantitative estimate of drug-likeness (QED) is 0.897. The van der Waals surface area contributed by atoms with E-state index in [1.807, 2.05) is 4.90 Å². The molecule has 5 heteroatoms. The summed E-state index contributed by atoms with van der Waals surface area (Å²) in [6.07, 6.45) is 4.53. The summed E-state index contributed by atoms with van der Waals surface area (Å²) in [5.41, 5.74) is 0.593. The van der Waals surface area contributed by atoms with E-state index in [4.69, 9.17) is 16.3 Å². The molecule has 0 unspecified atom stereocenters. The molecule has 0 radical (unpaired) electrons. The Balaban J connectivity index is 2.05. The molecule has 1 aliphatic heterocycles. The molecule has 1 aromatic rings. The van der Waals surface area contributed by atoms with Crippen molar-refractivity contribution in [1.29, 1.82) is 0 Å². The Hall–Kier alpha value is -1.42. The predicted octanol–water partition coefficient (Wildman–Crippen LogP) is 3.76. The number of nitrogens with one attached hydrogen (secondary N) is 1. The Labute approximate surface area is 118 Å². The van der Waals surface area contributed by atoms with Crippen LogP contribution in [0.25, 0.3) is 0 Å². The zero-order chi connectivity index (χ0) is 13.7. The van der Waals surface area contributed by atoms with E-state index >= 15 is 0 Å². The van der Waals surface area contributed by atoms with Gasteiger partial charge in [-0.15, -0.1) is 0 Å². The number of hydrogen-bond acceptors (Lipinski definition) is 2. The first kappa shape index (κ1) is 14.0. The van der Waals surface area contributed by atoms with Crippen molar-refractivity contribution in [2.75, 3.05) is 25.5 Å². The van der Waals surface area contributed by atoms with E-state index in [2.05, 4.69) is 5.32 Å². The largest absolute Gasteiger partial charge is 0.497 e. The van der Waals surface area contributed by atoms with Gasteiger partial charge in [-0.25, -0.2) is 4.79 Å². The number of nitrogens with zero attached hydrogens (tertiary/aromatic N) is 1. The van der Waals surface area contributed by atoms with Crippen LogP contribution in [0.1, 0.15) is 25.7 Å². The molecule has 1 N–H and O–H groups in total. The highest BCUT2D eigenvalue weighted by Gasteiger charge is 2.16. The molecule has 0 spiro atoms. The van der Waals surface area contributed by atoms with Crippen LogP contribution >= 0.6 is 11.6 Å². The van der Waals surface area contributed by atoms with Gasteiger partial charge in [0, 0.05) is 19.2 Å². The van der Waals surface area contributed by atoms with Crippen LogP contribution in [-0.4, -0.2) is 31.1 Å². The molecule has 19 heavy (non-hydrogen) atoms. The van der Waals surface area contributed by atoms with Crippen molar-refractivity contribution in [3.63, 3.8) is 0 Å². The molecule has 0 saturated carbocycles. The van der Waals surface area contributed by atoms with E-state index in [0.29, 0.717) is 16.5 Å². The average Bonchev–Trinajstić information content (AvgIpc) is 2.70.